The zero-order valence-corrected chi connectivity index (χ0v) is 15.1. The zero-order valence-electron chi connectivity index (χ0n) is 15.1. The summed E-state index contributed by atoms with van der Waals surface area (Å²) in [4.78, 5) is 26.4. The number of nitrogens with one attached hydrogen (secondary N) is 1. The molecule has 0 aromatic carbocycles. The van der Waals surface area contributed by atoms with Gasteiger partial charge in [-0.3, -0.25) is 9.59 Å². The summed E-state index contributed by atoms with van der Waals surface area (Å²) in [6.07, 6.45) is 3.16. The van der Waals surface area contributed by atoms with Crippen molar-refractivity contribution in [3.05, 3.63) is 23.2 Å². The van der Waals surface area contributed by atoms with Gasteiger partial charge in [-0.15, -0.1) is 0 Å². The van der Waals surface area contributed by atoms with E-state index in [-0.39, 0.29) is 17.9 Å². The molecular weight excluding hydrogens is 292 g/mol. The third kappa shape index (κ3) is 6.08. The summed E-state index contributed by atoms with van der Waals surface area (Å²) in [6.45, 7) is 10.8. The van der Waals surface area contributed by atoms with Crippen LogP contribution in [0.1, 0.15) is 68.3 Å². The van der Waals surface area contributed by atoms with Crippen LogP contribution in [0.5, 0.6) is 0 Å². The maximum absolute atomic E-state index is 12.7. The maximum atomic E-state index is 12.7. The first kappa shape index (κ1) is 19.3. The first-order valence-corrected chi connectivity index (χ1v) is 8.54. The SMILES string of the molecule is CCCCN(CCC(=O)N[C@@H](C)CC)C(=O)c1cc(C)oc1C. The van der Waals surface area contributed by atoms with Crippen molar-refractivity contribution in [2.75, 3.05) is 13.1 Å². The molecule has 130 valence electrons. The van der Waals surface area contributed by atoms with Crippen LogP contribution >= 0.6 is 0 Å². The van der Waals surface area contributed by atoms with Crippen LogP contribution < -0.4 is 5.32 Å². The Morgan fingerprint density at radius 3 is 2.48 bits per heavy atom. The van der Waals surface area contributed by atoms with Crippen LogP contribution in [-0.4, -0.2) is 35.8 Å². The van der Waals surface area contributed by atoms with Gasteiger partial charge in [0.2, 0.25) is 5.91 Å². The molecule has 1 aromatic rings. The zero-order chi connectivity index (χ0) is 17.4. The van der Waals surface area contributed by atoms with Crippen molar-refractivity contribution in [3.8, 4) is 0 Å². The Labute approximate surface area is 139 Å². The molecule has 0 aliphatic rings. The molecule has 1 heterocycles. The van der Waals surface area contributed by atoms with Crippen LogP contribution in [0.15, 0.2) is 10.5 Å². The number of hydrogen-bond acceptors (Lipinski definition) is 3. The summed E-state index contributed by atoms with van der Waals surface area (Å²) in [6, 6.07) is 1.94. The van der Waals surface area contributed by atoms with Crippen molar-refractivity contribution >= 4 is 11.8 Å². The summed E-state index contributed by atoms with van der Waals surface area (Å²) in [5.41, 5.74) is 0.598. The monoisotopic (exact) mass is 322 g/mol. The molecule has 5 nitrogen and oxygen atoms in total. The summed E-state index contributed by atoms with van der Waals surface area (Å²) in [5.74, 6) is 1.31. The van der Waals surface area contributed by atoms with E-state index in [1.165, 1.54) is 0 Å². The second-order valence-electron chi connectivity index (χ2n) is 6.10. The molecule has 0 radical (unpaired) electrons. The summed E-state index contributed by atoms with van der Waals surface area (Å²) < 4.78 is 5.46. The van der Waals surface area contributed by atoms with Crippen LogP contribution in [-0.2, 0) is 4.79 Å². The van der Waals surface area contributed by atoms with Crippen molar-refractivity contribution in [2.45, 2.75) is 66.3 Å². The van der Waals surface area contributed by atoms with E-state index in [4.69, 9.17) is 4.42 Å². The normalized spacial score (nSPS) is 12.0. The molecule has 0 unspecified atom stereocenters. The van der Waals surface area contributed by atoms with Gasteiger partial charge in [-0.2, -0.15) is 0 Å². The van der Waals surface area contributed by atoms with E-state index < -0.39 is 0 Å². The number of rotatable bonds is 9. The van der Waals surface area contributed by atoms with Crippen molar-refractivity contribution in [1.82, 2.24) is 10.2 Å². The molecule has 0 aliphatic heterocycles. The van der Waals surface area contributed by atoms with Crippen molar-refractivity contribution in [2.24, 2.45) is 0 Å². The molecule has 0 spiro atoms. The number of hydrogen-bond donors (Lipinski definition) is 1. The van der Waals surface area contributed by atoms with Gasteiger partial charge in [0, 0.05) is 25.6 Å². The lowest BCUT2D eigenvalue weighted by atomic mass is 10.2. The molecule has 0 saturated heterocycles. The highest BCUT2D eigenvalue weighted by molar-refractivity contribution is 5.95. The molecular formula is C18H30N2O3. The van der Waals surface area contributed by atoms with Crippen LogP contribution in [0.25, 0.3) is 0 Å². The Balaban J connectivity index is 2.70. The number of carbonyl (C=O) groups is 2. The van der Waals surface area contributed by atoms with Gasteiger partial charge in [0.25, 0.3) is 5.91 Å². The van der Waals surface area contributed by atoms with Crippen LogP contribution in [0.2, 0.25) is 0 Å². The largest absolute Gasteiger partial charge is 0.466 e. The van der Waals surface area contributed by atoms with Gasteiger partial charge >= 0.3 is 0 Å². The predicted molar refractivity (Wildman–Crippen MR) is 91.5 cm³/mol. The van der Waals surface area contributed by atoms with E-state index in [0.717, 1.165) is 25.0 Å². The van der Waals surface area contributed by atoms with E-state index in [2.05, 4.69) is 12.2 Å². The van der Waals surface area contributed by atoms with Crippen molar-refractivity contribution < 1.29 is 14.0 Å². The lowest BCUT2D eigenvalue weighted by Crippen LogP contribution is -2.38. The summed E-state index contributed by atoms with van der Waals surface area (Å²) >= 11 is 0. The van der Waals surface area contributed by atoms with Crippen molar-refractivity contribution in [1.29, 1.82) is 0 Å². The second kappa shape index (κ2) is 9.38. The highest BCUT2D eigenvalue weighted by atomic mass is 16.3. The fraction of sp³-hybridized carbons (Fsp3) is 0.667. The molecule has 2 amide bonds. The quantitative estimate of drug-likeness (QED) is 0.757. The molecule has 1 N–H and O–H groups in total. The van der Waals surface area contributed by atoms with E-state index in [0.29, 0.717) is 30.8 Å². The topological polar surface area (TPSA) is 62.6 Å². The molecule has 0 aliphatic carbocycles. The number of nitrogens with zero attached hydrogens (tertiary/aromatic N) is 1. The molecule has 0 bridgehead atoms. The van der Waals surface area contributed by atoms with Crippen LogP contribution in [0.4, 0.5) is 0 Å². The van der Waals surface area contributed by atoms with E-state index >= 15 is 0 Å². The lowest BCUT2D eigenvalue weighted by Gasteiger charge is -2.22. The Bertz CT molecular complexity index is 522. The highest BCUT2D eigenvalue weighted by Gasteiger charge is 2.21. The summed E-state index contributed by atoms with van der Waals surface area (Å²) in [7, 11) is 0. The van der Waals surface area contributed by atoms with Gasteiger partial charge in [-0.25, -0.2) is 0 Å². The molecule has 5 heteroatoms. The van der Waals surface area contributed by atoms with E-state index in [1.807, 2.05) is 20.8 Å². The average Bonchev–Trinajstić information content (AvgIpc) is 2.85. The minimum Gasteiger partial charge on any atom is -0.466 e. The third-order valence-corrected chi connectivity index (χ3v) is 3.97. The Morgan fingerprint density at radius 1 is 1.26 bits per heavy atom. The smallest absolute Gasteiger partial charge is 0.257 e. The van der Waals surface area contributed by atoms with E-state index in [9.17, 15) is 9.59 Å². The van der Waals surface area contributed by atoms with Crippen molar-refractivity contribution in [3.63, 3.8) is 0 Å². The maximum Gasteiger partial charge on any atom is 0.257 e. The predicted octanol–water partition coefficient (Wildman–Crippen LogP) is 3.44. The third-order valence-electron chi connectivity index (χ3n) is 3.97. The van der Waals surface area contributed by atoms with Gasteiger partial charge < -0.3 is 14.6 Å². The minimum absolute atomic E-state index is 0.00579. The van der Waals surface area contributed by atoms with Gasteiger partial charge in [0.1, 0.15) is 11.5 Å². The van der Waals surface area contributed by atoms with Crippen LogP contribution in [0, 0.1) is 13.8 Å². The molecule has 1 atom stereocenters. The highest BCUT2D eigenvalue weighted by Crippen LogP contribution is 2.16. The van der Waals surface area contributed by atoms with Gasteiger partial charge in [-0.05, 0) is 39.7 Å². The minimum atomic E-state index is -0.0517. The average molecular weight is 322 g/mol. The number of amides is 2. The second-order valence-corrected chi connectivity index (χ2v) is 6.10. The fourth-order valence-corrected chi connectivity index (χ4v) is 2.36. The number of carbonyl (C=O) groups excluding carboxylic acids is 2. The van der Waals surface area contributed by atoms with Gasteiger partial charge in [0.05, 0.1) is 5.56 Å². The molecule has 1 aromatic heterocycles. The number of furan rings is 1. The molecule has 23 heavy (non-hydrogen) atoms. The first-order valence-electron chi connectivity index (χ1n) is 8.54. The van der Waals surface area contributed by atoms with Gasteiger partial charge in [-0.1, -0.05) is 20.3 Å². The molecule has 0 fully saturated rings. The number of unbranched alkanes of at least 4 members (excludes halogenated alkanes) is 1. The van der Waals surface area contributed by atoms with E-state index in [1.54, 1.807) is 17.9 Å². The standard InChI is InChI=1S/C18H30N2O3/c1-6-8-10-20(11-9-17(21)19-13(3)7-2)18(22)16-12-14(4)23-15(16)5/h12-13H,6-11H2,1-5H3,(H,19,21)/t13-/m0/s1. The summed E-state index contributed by atoms with van der Waals surface area (Å²) in [5, 5.41) is 2.94. The first-order chi connectivity index (χ1) is 10.9. The van der Waals surface area contributed by atoms with Crippen LogP contribution in [0.3, 0.4) is 0 Å². The van der Waals surface area contributed by atoms with Gasteiger partial charge in [0.15, 0.2) is 0 Å². The number of aryl methyl sites for hydroxylation is 2. The lowest BCUT2D eigenvalue weighted by molar-refractivity contribution is -0.121. The molecule has 0 saturated carbocycles. The Kier molecular flexibility index (Phi) is 7.86. The molecule has 1 rings (SSSR count). The Hall–Kier alpha value is -1.78. The fourth-order valence-electron chi connectivity index (χ4n) is 2.36. The Morgan fingerprint density at radius 2 is 1.96 bits per heavy atom.